The second kappa shape index (κ2) is 7.14. The van der Waals surface area contributed by atoms with E-state index >= 15 is 0 Å². The molecule has 0 aliphatic carbocycles. The Labute approximate surface area is 161 Å². The van der Waals surface area contributed by atoms with E-state index in [1.165, 1.54) is 4.88 Å². The lowest BCUT2D eigenvalue weighted by Gasteiger charge is -2.25. The number of fused-ring (bicyclic) bond motifs is 1. The summed E-state index contributed by atoms with van der Waals surface area (Å²) < 4.78 is 5.80. The highest BCUT2D eigenvalue weighted by molar-refractivity contribution is 7.11. The SMILES string of the molecule is CCOc1ccccc1[C@@H]1CC(=O)Nc2c(-c3ccc(Cl)cc3)csc21. The summed E-state index contributed by atoms with van der Waals surface area (Å²) in [7, 11) is 0. The highest BCUT2D eigenvalue weighted by Crippen LogP contribution is 2.48. The molecule has 5 heteroatoms. The Balaban J connectivity index is 1.80. The molecule has 4 rings (SSSR count). The zero-order valence-corrected chi connectivity index (χ0v) is 15.9. The van der Waals surface area contributed by atoms with Gasteiger partial charge in [0.2, 0.25) is 5.91 Å². The maximum Gasteiger partial charge on any atom is 0.225 e. The summed E-state index contributed by atoms with van der Waals surface area (Å²) >= 11 is 7.69. The molecule has 0 saturated carbocycles. The number of anilines is 1. The van der Waals surface area contributed by atoms with Gasteiger partial charge >= 0.3 is 0 Å². The smallest absolute Gasteiger partial charge is 0.225 e. The van der Waals surface area contributed by atoms with E-state index in [0.29, 0.717) is 18.1 Å². The molecule has 1 aliphatic heterocycles. The van der Waals surface area contributed by atoms with E-state index in [0.717, 1.165) is 28.1 Å². The number of carbonyl (C=O) groups is 1. The summed E-state index contributed by atoms with van der Waals surface area (Å²) in [5.41, 5.74) is 4.05. The third-order valence-corrected chi connectivity index (χ3v) is 5.89. The molecule has 132 valence electrons. The molecule has 1 atom stereocenters. The molecule has 0 bridgehead atoms. The number of para-hydroxylation sites is 1. The van der Waals surface area contributed by atoms with Crippen LogP contribution in [0.15, 0.2) is 53.9 Å². The molecule has 26 heavy (non-hydrogen) atoms. The molecule has 3 aromatic rings. The number of thiophene rings is 1. The number of ether oxygens (including phenoxy) is 1. The summed E-state index contributed by atoms with van der Waals surface area (Å²) in [6.45, 7) is 2.57. The number of rotatable bonds is 4. The molecule has 0 saturated heterocycles. The molecule has 2 heterocycles. The number of nitrogens with one attached hydrogen (secondary N) is 1. The fourth-order valence-electron chi connectivity index (χ4n) is 3.38. The fourth-order valence-corrected chi connectivity index (χ4v) is 4.65. The van der Waals surface area contributed by atoms with Crippen LogP contribution in [0.3, 0.4) is 0 Å². The number of hydrogen-bond acceptors (Lipinski definition) is 3. The third-order valence-electron chi connectivity index (χ3n) is 4.54. The maximum absolute atomic E-state index is 12.4. The second-order valence-corrected chi connectivity index (χ2v) is 7.52. The van der Waals surface area contributed by atoms with E-state index in [2.05, 4.69) is 16.8 Å². The topological polar surface area (TPSA) is 38.3 Å². The average Bonchev–Trinajstić information content (AvgIpc) is 3.06. The van der Waals surface area contributed by atoms with Crippen molar-refractivity contribution < 1.29 is 9.53 Å². The molecule has 0 fully saturated rings. The highest BCUT2D eigenvalue weighted by Gasteiger charge is 2.32. The first-order valence-electron chi connectivity index (χ1n) is 8.56. The van der Waals surface area contributed by atoms with Gasteiger partial charge in [-0.3, -0.25) is 4.79 Å². The first-order valence-corrected chi connectivity index (χ1v) is 9.82. The summed E-state index contributed by atoms with van der Waals surface area (Å²) in [4.78, 5) is 13.6. The number of hydrogen-bond donors (Lipinski definition) is 1. The Hall–Kier alpha value is -2.30. The van der Waals surface area contributed by atoms with Gasteiger partial charge in [0.1, 0.15) is 5.75 Å². The molecule has 2 aromatic carbocycles. The van der Waals surface area contributed by atoms with Gasteiger partial charge in [-0.2, -0.15) is 0 Å². The van der Waals surface area contributed by atoms with Gasteiger partial charge in [0, 0.05) is 38.7 Å². The van der Waals surface area contributed by atoms with E-state index in [1.807, 2.05) is 49.4 Å². The standard InChI is InChI=1S/C21H18ClNO2S/c1-2-25-18-6-4-3-5-15(18)16-11-19(24)23-20-17(12-26-21(16)20)13-7-9-14(22)10-8-13/h3-10,12,16H,2,11H2,1H3,(H,23,24)/t16-/m0/s1. The highest BCUT2D eigenvalue weighted by atomic mass is 35.5. The van der Waals surface area contributed by atoms with Crippen molar-refractivity contribution in [2.24, 2.45) is 0 Å². The van der Waals surface area contributed by atoms with Gasteiger partial charge in [-0.1, -0.05) is 41.9 Å². The zero-order valence-electron chi connectivity index (χ0n) is 14.3. The van der Waals surface area contributed by atoms with Gasteiger partial charge in [-0.15, -0.1) is 11.3 Å². The lowest BCUT2D eigenvalue weighted by molar-refractivity contribution is -0.116. The molecule has 1 aromatic heterocycles. The van der Waals surface area contributed by atoms with E-state index in [9.17, 15) is 4.79 Å². The van der Waals surface area contributed by atoms with Gasteiger partial charge < -0.3 is 10.1 Å². The van der Waals surface area contributed by atoms with Gasteiger partial charge in [-0.05, 0) is 30.7 Å². The molecule has 1 aliphatic rings. The Morgan fingerprint density at radius 1 is 1.19 bits per heavy atom. The molecule has 1 N–H and O–H groups in total. The summed E-state index contributed by atoms with van der Waals surface area (Å²) in [5.74, 6) is 0.886. The summed E-state index contributed by atoms with van der Waals surface area (Å²) in [6, 6.07) is 15.7. The lowest BCUT2D eigenvalue weighted by Crippen LogP contribution is -2.22. The maximum atomic E-state index is 12.4. The van der Waals surface area contributed by atoms with Crippen molar-refractivity contribution in [3.63, 3.8) is 0 Å². The van der Waals surface area contributed by atoms with Crippen LogP contribution >= 0.6 is 22.9 Å². The number of halogens is 1. The summed E-state index contributed by atoms with van der Waals surface area (Å²) in [5, 5.41) is 5.88. The van der Waals surface area contributed by atoms with Gasteiger partial charge in [-0.25, -0.2) is 0 Å². The van der Waals surface area contributed by atoms with Crippen molar-refractivity contribution in [1.29, 1.82) is 0 Å². The number of carbonyl (C=O) groups excluding carboxylic acids is 1. The largest absolute Gasteiger partial charge is 0.494 e. The quantitative estimate of drug-likeness (QED) is 0.605. The van der Waals surface area contributed by atoms with Crippen LogP contribution in [0.5, 0.6) is 5.75 Å². The molecule has 0 unspecified atom stereocenters. The van der Waals surface area contributed by atoms with E-state index in [1.54, 1.807) is 11.3 Å². The predicted molar refractivity (Wildman–Crippen MR) is 107 cm³/mol. The van der Waals surface area contributed by atoms with Crippen LogP contribution in [0, 0.1) is 0 Å². The van der Waals surface area contributed by atoms with Crippen LogP contribution in [0.4, 0.5) is 5.69 Å². The molecule has 0 radical (unpaired) electrons. The zero-order chi connectivity index (χ0) is 18.1. The lowest BCUT2D eigenvalue weighted by atomic mass is 9.88. The number of benzene rings is 2. The van der Waals surface area contributed by atoms with Crippen molar-refractivity contribution in [2.45, 2.75) is 19.3 Å². The Bertz CT molecular complexity index is 949. The average molecular weight is 384 g/mol. The van der Waals surface area contributed by atoms with Crippen LogP contribution in [0.1, 0.15) is 29.7 Å². The summed E-state index contributed by atoms with van der Waals surface area (Å²) in [6.07, 6.45) is 0.428. The second-order valence-electron chi connectivity index (χ2n) is 6.17. The van der Waals surface area contributed by atoms with Crippen molar-refractivity contribution in [3.8, 4) is 16.9 Å². The van der Waals surface area contributed by atoms with Crippen LogP contribution < -0.4 is 10.1 Å². The monoisotopic (exact) mass is 383 g/mol. The van der Waals surface area contributed by atoms with Crippen molar-refractivity contribution in [1.82, 2.24) is 0 Å². The fraction of sp³-hybridized carbons (Fsp3) is 0.190. The Kier molecular flexibility index (Phi) is 4.70. The van der Waals surface area contributed by atoms with Crippen molar-refractivity contribution in [2.75, 3.05) is 11.9 Å². The molecule has 0 spiro atoms. The first kappa shape index (κ1) is 17.1. The number of amides is 1. The van der Waals surface area contributed by atoms with E-state index < -0.39 is 0 Å². The third kappa shape index (κ3) is 3.11. The van der Waals surface area contributed by atoms with Gasteiger partial charge in [0.15, 0.2) is 0 Å². The van der Waals surface area contributed by atoms with E-state index in [-0.39, 0.29) is 11.8 Å². The minimum atomic E-state index is 0.00699. The minimum absolute atomic E-state index is 0.00699. The van der Waals surface area contributed by atoms with Crippen LogP contribution in [0.2, 0.25) is 5.02 Å². The van der Waals surface area contributed by atoms with Crippen molar-refractivity contribution >= 4 is 34.5 Å². The van der Waals surface area contributed by atoms with Gasteiger partial charge in [0.05, 0.1) is 12.3 Å². The molecule has 3 nitrogen and oxygen atoms in total. The first-order chi connectivity index (χ1) is 12.7. The van der Waals surface area contributed by atoms with Crippen LogP contribution in [-0.4, -0.2) is 12.5 Å². The van der Waals surface area contributed by atoms with Crippen LogP contribution in [0.25, 0.3) is 11.1 Å². The van der Waals surface area contributed by atoms with E-state index in [4.69, 9.17) is 16.3 Å². The molecular weight excluding hydrogens is 366 g/mol. The van der Waals surface area contributed by atoms with Crippen LogP contribution in [-0.2, 0) is 4.79 Å². The predicted octanol–water partition coefficient (Wildman–Crippen LogP) is 5.94. The normalized spacial score (nSPS) is 16.1. The minimum Gasteiger partial charge on any atom is -0.494 e. The molecular formula is C21H18ClNO2S. The molecule has 1 amide bonds. The van der Waals surface area contributed by atoms with Crippen molar-refractivity contribution in [3.05, 3.63) is 69.4 Å². The Morgan fingerprint density at radius 2 is 1.96 bits per heavy atom. The Morgan fingerprint density at radius 3 is 2.73 bits per heavy atom. The van der Waals surface area contributed by atoms with Gasteiger partial charge in [0.25, 0.3) is 0 Å².